The van der Waals surface area contributed by atoms with E-state index in [1.165, 1.54) is 11.8 Å². The molecule has 146 valence electrons. The molecule has 0 atom stereocenters. The van der Waals surface area contributed by atoms with Crippen molar-refractivity contribution in [1.82, 2.24) is 15.0 Å². The van der Waals surface area contributed by atoms with E-state index < -0.39 is 0 Å². The molecule has 1 N–H and O–H groups in total. The van der Waals surface area contributed by atoms with Gasteiger partial charge in [-0.3, -0.25) is 4.79 Å². The molecule has 7 heteroatoms. The second-order valence-electron chi connectivity index (χ2n) is 6.64. The number of aromatic amines is 1. The first-order valence-corrected chi connectivity index (χ1v) is 10.4. The molecule has 2 aromatic heterocycles. The third-order valence-electron chi connectivity index (χ3n) is 4.30. The van der Waals surface area contributed by atoms with Gasteiger partial charge < -0.3 is 9.72 Å². The lowest BCUT2D eigenvalue weighted by atomic mass is 10.2. The largest absolute Gasteiger partial charge is 0.457 e. The summed E-state index contributed by atoms with van der Waals surface area (Å²) in [6.07, 6.45) is 0. The number of aryl methyl sites for hydroxylation is 2. The van der Waals surface area contributed by atoms with Crippen LogP contribution in [0.3, 0.4) is 0 Å². The van der Waals surface area contributed by atoms with Crippen LogP contribution in [0.4, 0.5) is 0 Å². The molecule has 0 spiro atoms. The second-order valence-corrected chi connectivity index (χ2v) is 8.04. The average molecular weight is 424 g/mol. The molecule has 2 aromatic carbocycles. The van der Waals surface area contributed by atoms with E-state index >= 15 is 0 Å². The van der Waals surface area contributed by atoms with Crippen LogP contribution in [0.25, 0.3) is 11.0 Å². The summed E-state index contributed by atoms with van der Waals surface area (Å²) in [5, 5.41) is 1.75. The fraction of sp³-hybridized carbons (Fsp3) is 0.136. The highest BCUT2D eigenvalue weighted by molar-refractivity contribution is 7.98. The molecule has 0 amide bonds. The summed E-state index contributed by atoms with van der Waals surface area (Å²) in [7, 11) is 0. The number of H-pyrrole nitrogens is 1. The molecule has 0 radical (unpaired) electrons. The smallest absolute Gasteiger partial charge is 0.261 e. The monoisotopic (exact) mass is 423 g/mol. The highest BCUT2D eigenvalue weighted by Crippen LogP contribution is 2.26. The molecule has 0 bridgehead atoms. The number of nitrogens with one attached hydrogen (secondary N) is 1. The number of rotatable bonds is 5. The van der Waals surface area contributed by atoms with Crippen molar-refractivity contribution >= 4 is 34.4 Å². The highest BCUT2D eigenvalue weighted by atomic mass is 35.5. The van der Waals surface area contributed by atoms with Crippen molar-refractivity contribution in [2.24, 2.45) is 0 Å². The van der Waals surface area contributed by atoms with Crippen LogP contribution in [0.2, 0.25) is 5.02 Å². The van der Waals surface area contributed by atoms with Crippen LogP contribution < -0.4 is 10.3 Å². The van der Waals surface area contributed by atoms with E-state index in [-0.39, 0.29) is 5.56 Å². The van der Waals surface area contributed by atoms with Crippen LogP contribution in [-0.4, -0.2) is 15.0 Å². The zero-order chi connectivity index (χ0) is 20.4. The minimum atomic E-state index is -0.165. The van der Waals surface area contributed by atoms with Crippen molar-refractivity contribution in [2.45, 2.75) is 24.8 Å². The van der Waals surface area contributed by atoms with Crippen molar-refractivity contribution in [1.29, 1.82) is 0 Å². The van der Waals surface area contributed by atoms with Crippen LogP contribution in [-0.2, 0) is 5.75 Å². The quantitative estimate of drug-likeness (QED) is 0.330. The Morgan fingerprint density at radius 1 is 1.03 bits per heavy atom. The molecule has 5 nitrogen and oxygen atoms in total. The van der Waals surface area contributed by atoms with Gasteiger partial charge in [-0.15, -0.1) is 0 Å². The number of hydrogen-bond acceptors (Lipinski definition) is 5. The fourth-order valence-electron chi connectivity index (χ4n) is 3.02. The lowest BCUT2D eigenvalue weighted by Gasteiger charge is -2.08. The Hall–Kier alpha value is -2.83. The number of halogens is 1. The molecule has 2 heterocycles. The Morgan fingerprint density at radius 2 is 1.83 bits per heavy atom. The predicted molar refractivity (Wildman–Crippen MR) is 117 cm³/mol. The molecule has 0 saturated carbocycles. The Labute approximate surface area is 177 Å². The number of aromatic nitrogens is 3. The van der Waals surface area contributed by atoms with Crippen molar-refractivity contribution in [3.8, 4) is 11.5 Å². The van der Waals surface area contributed by atoms with Crippen LogP contribution in [0.1, 0.15) is 16.8 Å². The van der Waals surface area contributed by atoms with E-state index in [1.807, 2.05) is 56.3 Å². The van der Waals surface area contributed by atoms with E-state index in [2.05, 4.69) is 15.0 Å². The zero-order valence-corrected chi connectivity index (χ0v) is 17.5. The molecule has 0 unspecified atom stereocenters. The SMILES string of the molecule is Cc1cc(C)c2c(=O)[nH]c(SCc3cccc(Oc4ccc(Cl)cc4)c3)nc2n1. The number of ether oxygens (including phenoxy) is 1. The molecule has 0 fully saturated rings. The maximum atomic E-state index is 12.4. The molecular weight excluding hydrogens is 406 g/mol. The summed E-state index contributed by atoms with van der Waals surface area (Å²) < 4.78 is 5.88. The van der Waals surface area contributed by atoms with E-state index in [1.54, 1.807) is 12.1 Å². The van der Waals surface area contributed by atoms with Crippen LogP contribution >= 0.6 is 23.4 Å². The highest BCUT2D eigenvalue weighted by Gasteiger charge is 2.10. The predicted octanol–water partition coefficient (Wildman–Crippen LogP) is 5.67. The fourth-order valence-corrected chi connectivity index (χ4v) is 3.94. The Morgan fingerprint density at radius 3 is 2.62 bits per heavy atom. The minimum Gasteiger partial charge on any atom is -0.457 e. The van der Waals surface area contributed by atoms with Gasteiger partial charge in [0.1, 0.15) is 11.5 Å². The topological polar surface area (TPSA) is 67.9 Å². The van der Waals surface area contributed by atoms with Gasteiger partial charge in [-0.25, -0.2) is 9.97 Å². The first-order valence-electron chi connectivity index (χ1n) is 9.01. The van der Waals surface area contributed by atoms with Gasteiger partial charge in [0.05, 0.1) is 5.39 Å². The molecule has 0 aliphatic rings. The molecule has 0 saturated heterocycles. The van der Waals surface area contributed by atoms with Gasteiger partial charge in [-0.1, -0.05) is 35.5 Å². The van der Waals surface area contributed by atoms with Gasteiger partial charge in [-0.2, -0.15) is 0 Å². The molecular formula is C22H18ClN3O2S. The lowest BCUT2D eigenvalue weighted by Crippen LogP contribution is -2.12. The standard InChI is InChI=1S/C22H18ClN3O2S/c1-13-10-14(2)24-20-19(13)21(27)26-22(25-20)29-12-15-4-3-5-18(11-15)28-17-8-6-16(23)7-9-17/h3-11H,12H2,1-2H3,(H,24,25,26,27). The first-order chi connectivity index (χ1) is 14.0. The number of hydrogen-bond donors (Lipinski definition) is 1. The number of pyridine rings is 1. The number of thioether (sulfide) groups is 1. The number of nitrogens with zero attached hydrogens (tertiary/aromatic N) is 2. The van der Waals surface area contributed by atoms with Crippen LogP contribution in [0.15, 0.2) is 64.5 Å². The maximum absolute atomic E-state index is 12.4. The summed E-state index contributed by atoms with van der Waals surface area (Å²) in [6.45, 7) is 3.79. The Kier molecular flexibility index (Phi) is 5.56. The van der Waals surface area contributed by atoms with E-state index in [4.69, 9.17) is 16.3 Å². The Balaban J connectivity index is 1.52. The molecule has 0 aliphatic heterocycles. The van der Waals surface area contributed by atoms with Crippen molar-refractivity contribution in [2.75, 3.05) is 0 Å². The van der Waals surface area contributed by atoms with Gasteiger partial charge >= 0.3 is 0 Å². The summed E-state index contributed by atoms with van der Waals surface area (Å²) in [5.74, 6) is 2.09. The zero-order valence-electron chi connectivity index (χ0n) is 15.9. The normalized spacial score (nSPS) is 11.0. The van der Waals surface area contributed by atoms with E-state index in [0.717, 1.165) is 28.3 Å². The van der Waals surface area contributed by atoms with Gasteiger partial charge in [-0.05, 0) is 67.4 Å². The molecule has 4 aromatic rings. The lowest BCUT2D eigenvalue weighted by molar-refractivity contribution is 0.482. The van der Waals surface area contributed by atoms with Crippen molar-refractivity contribution in [3.63, 3.8) is 0 Å². The summed E-state index contributed by atoms with van der Waals surface area (Å²) in [4.78, 5) is 24.2. The summed E-state index contributed by atoms with van der Waals surface area (Å²) in [6, 6.07) is 16.9. The van der Waals surface area contributed by atoms with Crippen molar-refractivity contribution < 1.29 is 4.74 Å². The van der Waals surface area contributed by atoms with Crippen LogP contribution in [0, 0.1) is 13.8 Å². The summed E-state index contributed by atoms with van der Waals surface area (Å²) >= 11 is 7.36. The minimum absolute atomic E-state index is 0.165. The van der Waals surface area contributed by atoms with Gasteiger partial charge in [0, 0.05) is 16.5 Å². The second kappa shape index (κ2) is 8.27. The Bertz CT molecular complexity index is 1240. The third kappa shape index (κ3) is 4.60. The third-order valence-corrected chi connectivity index (χ3v) is 5.50. The van der Waals surface area contributed by atoms with E-state index in [0.29, 0.717) is 27.0 Å². The first kappa shape index (κ1) is 19.5. The van der Waals surface area contributed by atoms with Gasteiger partial charge in [0.25, 0.3) is 5.56 Å². The van der Waals surface area contributed by atoms with Crippen LogP contribution in [0.5, 0.6) is 11.5 Å². The maximum Gasteiger partial charge on any atom is 0.261 e. The average Bonchev–Trinajstić information content (AvgIpc) is 2.68. The van der Waals surface area contributed by atoms with Gasteiger partial charge in [0.15, 0.2) is 10.8 Å². The number of benzene rings is 2. The van der Waals surface area contributed by atoms with Gasteiger partial charge in [0.2, 0.25) is 0 Å². The van der Waals surface area contributed by atoms with E-state index in [9.17, 15) is 4.79 Å². The van der Waals surface area contributed by atoms with Crippen molar-refractivity contribution in [3.05, 3.63) is 86.8 Å². The molecule has 4 rings (SSSR count). The molecule has 0 aliphatic carbocycles. The number of fused-ring (bicyclic) bond motifs is 1. The molecule has 29 heavy (non-hydrogen) atoms. The summed E-state index contributed by atoms with van der Waals surface area (Å²) in [5.41, 5.74) is 3.09.